The predicted octanol–water partition coefficient (Wildman–Crippen LogP) is 2.77. The average Bonchev–Trinajstić information content (AvgIpc) is 2.01. The summed E-state index contributed by atoms with van der Waals surface area (Å²) in [6.45, 7) is 1.83. The number of aryl methyl sites for hydroxylation is 1. The molecule has 0 aliphatic rings. The first-order valence-electron chi connectivity index (χ1n) is 3.90. The van der Waals surface area contributed by atoms with E-state index in [0.29, 0.717) is 17.3 Å². The molecule has 0 saturated heterocycles. The molecule has 4 heteroatoms. The number of hydrogen-bond acceptors (Lipinski definition) is 0. The molecule has 1 aromatic carbocycles. The van der Waals surface area contributed by atoms with Crippen LogP contribution in [-0.2, 0) is 12.6 Å². The highest BCUT2D eigenvalue weighted by molar-refractivity contribution is 7.27. The van der Waals surface area contributed by atoms with Crippen LogP contribution in [0.3, 0.4) is 0 Å². The lowest BCUT2D eigenvalue weighted by molar-refractivity contribution is -0.137. The summed E-state index contributed by atoms with van der Waals surface area (Å²) in [7, 11) is 2.28. The predicted molar refractivity (Wildman–Crippen MR) is 50.2 cm³/mol. The van der Waals surface area contributed by atoms with Crippen molar-refractivity contribution in [1.29, 1.82) is 0 Å². The number of hydrogen-bond donors (Lipinski definition) is 0. The lowest BCUT2D eigenvalue weighted by atomic mass is 10.1. The van der Waals surface area contributed by atoms with Crippen molar-refractivity contribution in [3.05, 3.63) is 29.3 Å². The Labute approximate surface area is 77.4 Å². The number of rotatable bonds is 1. The lowest BCUT2D eigenvalue weighted by Gasteiger charge is -2.09. The molecule has 1 aromatic rings. The van der Waals surface area contributed by atoms with Crippen LogP contribution in [0.1, 0.15) is 18.1 Å². The van der Waals surface area contributed by atoms with E-state index in [0.717, 1.165) is 6.07 Å². The van der Waals surface area contributed by atoms with Gasteiger partial charge in [-0.2, -0.15) is 13.2 Å². The molecule has 0 fully saturated rings. The van der Waals surface area contributed by atoms with Gasteiger partial charge in [-0.1, -0.05) is 13.0 Å². The first-order valence-corrected chi connectivity index (χ1v) is 4.48. The van der Waals surface area contributed by atoms with Gasteiger partial charge in [0.2, 0.25) is 0 Å². The second kappa shape index (κ2) is 3.67. The third-order valence-corrected chi connectivity index (χ3v) is 2.08. The number of alkyl halides is 3. The van der Waals surface area contributed by atoms with Crippen molar-refractivity contribution >= 4 is 14.5 Å². The van der Waals surface area contributed by atoms with Gasteiger partial charge in [-0.3, -0.25) is 0 Å². The fraction of sp³-hybridized carbons (Fsp3) is 0.333. The second-order valence-electron chi connectivity index (χ2n) is 2.81. The lowest BCUT2D eigenvalue weighted by Crippen LogP contribution is -2.09. The van der Waals surface area contributed by atoms with Crippen LogP contribution < -0.4 is 5.30 Å². The van der Waals surface area contributed by atoms with Crippen molar-refractivity contribution in [3.63, 3.8) is 0 Å². The zero-order valence-corrected chi connectivity index (χ0v) is 8.31. The monoisotopic (exact) mass is 206 g/mol. The van der Waals surface area contributed by atoms with E-state index >= 15 is 0 Å². The summed E-state index contributed by atoms with van der Waals surface area (Å²) in [4.78, 5) is 0. The highest BCUT2D eigenvalue weighted by atomic mass is 31.0. The van der Waals surface area contributed by atoms with Gasteiger partial charge in [-0.05, 0) is 29.4 Å². The highest BCUT2D eigenvalue weighted by Gasteiger charge is 2.30. The summed E-state index contributed by atoms with van der Waals surface area (Å²) >= 11 is 0. The molecule has 0 nitrogen and oxygen atoms in total. The molecule has 0 N–H and O–H groups in total. The van der Waals surface area contributed by atoms with Crippen molar-refractivity contribution in [2.45, 2.75) is 19.5 Å². The third kappa shape index (κ3) is 2.70. The van der Waals surface area contributed by atoms with Crippen LogP contribution in [0.2, 0.25) is 0 Å². The molecule has 1 unspecified atom stereocenters. The van der Waals surface area contributed by atoms with E-state index in [4.69, 9.17) is 0 Å². The standard InChI is InChI=1S/C9H10F3P/c1-2-6-3-7(9(10,11)12)5-8(13)4-6/h3-5H,2,13H2,1H3. The van der Waals surface area contributed by atoms with Gasteiger partial charge in [0.15, 0.2) is 0 Å². The molecule has 0 aliphatic heterocycles. The molecule has 13 heavy (non-hydrogen) atoms. The molecule has 0 spiro atoms. The average molecular weight is 206 g/mol. The van der Waals surface area contributed by atoms with Crippen molar-refractivity contribution in [2.75, 3.05) is 0 Å². The van der Waals surface area contributed by atoms with E-state index in [9.17, 15) is 13.2 Å². The van der Waals surface area contributed by atoms with Crippen molar-refractivity contribution in [1.82, 2.24) is 0 Å². The molecule has 0 heterocycles. The summed E-state index contributed by atoms with van der Waals surface area (Å²) < 4.78 is 36.8. The molecule has 0 amide bonds. The largest absolute Gasteiger partial charge is 0.416 e. The minimum atomic E-state index is -4.24. The zero-order chi connectivity index (χ0) is 10.1. The van der Waals surface area contributed by atoms with Crippen LogP contribution in [0.25, 0.3) is 0 Å². The molecule has 0 bridgehead atoms. The molecule has 72 valence electrons. The van der Waals surface area contributed by atoms with Gasteiger partial charge in [0.25, 0.3) is 0 Å². The number of benzene rings is 1. The fourth-order valence-electron chi connectivity index (χ4n) is 1.09. The minimum Gasteiger partial charge on any atom is -0.166 e. The Morgan fingerprint density at radius 3 is 2.31 bits per heavy atom. The minimum absolute atomic E-state index is 0.572. The smallest absolute Gasteiger partial charge is 0.166 e. The normalized spacial score (nSPS) is 11.8. The van der Waals surface area contributed by atoms with Gasteiger partial charge in [0.05, 0.1) is 5.56 Å². The van der Waals surface area contributed by atoms with E-state index in [-0.39, 0.29) is 0 Å². The van der Waals surface area contributed by atoms with E-state index in [1.54, 1.807) is 6.07 Å². The molecule has 1 rings (SSSR count). The van der Waals surface area contributed by atoms with Gasteiger partial charge in [0, 0.05) is 0 Å². The van der Waals surface area contributed by atoms with E-state index < -0.39 is 11.7 Å². The van der Waals surface area contributed by atoms with E-state index in [1.165, 1.54) is 6.07 Å². The summed E-state index contributed by atoms with van der Waals surface area (Å²) in [5.41, 5.74) is 0.136. The van der Waals surface area contributed by atoms with E-state index in [2.05, 4.69) is 9.24 Å². The van der Waals surface area contributed by atoms with Crippen LogP contribution in [-0.4, -0.2) is 0 Å². The Balaban J connectivity index is 3.16. The Morgan fingerprint density at radius 1 is 1.23 bits per heavy atom. The molecule has 1 atom stereocenters. The second-order valence-corrected chi connectivity index (χ2v) is 3.48. The quantitative estimate of drug-likeness (QED) is 0.620. The zero-order valence-electron chi connectivity index (χ0n) is 7.15. The van der Waals surface area contributed by atoms with Crippen LogP contribution >= 0.6 is 9.24 Å². The molecular weight excluding hydrogens is 196 g/mol. The van der Waals surface area contributed by atoms with Crippen molar-refractivity contribution in [2.24, 2.45) is 0 Å². The molecular formula is C9H10F3P. The van der Waals surface area contributed by atoms with Gasteiger partial charge in [-0.25, -0.2) is 0 Å². The Bertz CT molecular complexity index is 304. The summed E-state index contributed by atoms with van der Waals surface area (Å²) in [5, 5.41) is 0.576. The Hall–Kier alpha value is -0.560. The third-order valence-electron chi connectivity index (χ3n) is 1.75. The Kier molecular flexibility index (Phi) is 2.97. The first kappa shape index (κ1) is 10.5. The van der Waals surface area contributed by atoms with Crippen LogP contribution in [0, 0.1) is 0 Å². The molecule has 0 radical (unpaired) electrons. The van der Waals surface area contributed by atoms with Crippen molar-refractivity contribution in [3.8, 4) is 0 Å². The van der Waals surface area contributed by atoms with Crippen LogP contribution in [0.4, 0.5) is 13.2 Å². The molecule has 0 aromatic heterocycles. The van der Waals surface area contributed by atoms with Gasteiger partial charge in [0.1, 0.15) is 0 Å². The van der Waals surface area contributed by atoms with E-state index in [1.807, 2.05) is 6.92 Å². The summed E-state index contributed by atoms with van der Waals surface area (Å²) in [5.74, 6) is 0. The van der Waals surface area contributed by atoms with Gasteiger partial charge in [-0.15, -0.1) is 9.24 Å². The van der Waals surface area contributed by atoms with Gasteiger partial charge >= 0.3 is 6.18 Å². The fourth-order valence-corrected chi connectivity index (χ4v) is 1.48. The molecule has 0 saturated carbocycles. The van der Waals surface area contributed by atoms with Crippen LogP contribution in [0.15, 0.2) is 18.2 Å². The van der Waals surface area contributed by atoms with Gasteiger partial charge < -0.3 is 0 Å². The maximum atomic E-state index is 12.3. The SMILES string of the molecule is CCc1cc(P)cc(C(F)(F)F)c1. The maximum Gasteiger partial charge on any atom is 0.416 e. The Morgan fingerprint density at radius 2 is 1.85 bits per heavy atom. The topological polar surface area (TPSA) is 0 Å². The number of halogens is 3. The summed E-state index contributed by atoms with van der Waals surface area (Å²) in [6, 6.07) is 4.05. The van der Waals surface area contributed by atoms with Crippen LogP contribution in [0.5, 0.6) is 0 Å². The van der Waals surface area contributed by atoms with Crippen molar-refractivity contribution < 1.29 is 13.2 Å². The summed E-state index contributed by atoms with van der Waals surface area (Å²) in [6.07, 6.45) is -3.62. The molecule has 0 aliphatic carbocycles. The highest BCUT2D eigenvalue weighted by Crippen LogP contribution is 2.29. The maximum absolute atomic E-state index is 12.3. The first-order chi connectivity index (χ1) is 5.93.